The Balaban J connectivity index is 1.66. The summed E-state index contributed by atoms with van der Waals surface area (Å²) in [6.07, 6.45) is 1.83. The molecule has 5 nitrogen and oxygen atoms in total. The van der Waals surface area contributed by atoms with Crippen LogP contribution in [-0.4, -0.2) is 18.4 Å². The van der Waals surface area contributed by atoms with E-state index in [1.54, 1.807) is 0 Å². The zero-order chi connectivity index (χ0) is 16.7. The van der Waals surface area contributed by atoms with E-state index in [1.807, 2.05) is 62.4 Å². The minimum absolute atomic E-state index is 0.131. The van der Waals surface area contributed by atoms with Crippen molar-refractivity contribution < 1.29 is 14.3 Å². The van der Waals surface area contributed by atoms with Gasteiger partial charge in [-0.3, -0.25) is 4.79 Å². The maximum Gasteiger partial charge on any atom is 0.280 e. The molecular formula is C19H16N2O3. The van der Waals surface area contributed by atoms with Crippen LogP contribution in [0.5, 0.6) is 11.5 Å². The van der Waals surface area contributed by atoms with E-state index >= 15 is 0 Å². The molecule has 5 heteroatoms. The molecule has 0 atom stereocenters. The van der Waals surface area contributed by atoms with E-state index in [9.17, 15) is 4.79 Å². The van der Waals surface area contributed by atoms with E-state index < -0.39 is 0 Å². The normalized spacial score (nSPS) is 17.6. The molecule has 2 aliphatic heterocycles. The molecule has 0 fully saturated rings. The van der Waals surface area contributed by atoms with Gasteiger partial charge in [-0.15, -0.1) is 0 Å². The molecule has 0 saturated heterocycles. The fourth-order valence-electron chi connectivity index (χ4n) is 2.71. The quantitative estimate of drug-likeness (QED) is 0.795. The molecule has 0 N–H and O–H groups in total. The number of hydrogen-bond acceptors (Lipinski definition) is 4. The van der Waals surface area contributed by atoms with Crippen molar-refractivity contribution in [2.24, 2.45) is 5.10 Å². The zero-order valence-electron chi connectivity index (χ0n) is 13.4. The first-order chi connectivity index (χ1) is 11.6. The number of hydrogen-bond donors (Lipinski definition) is 0. The van der Waals surface area contributed by atoms with Gasteiger partial charge in [-0.25, -0.2) is 0 Å². The summed E-state index contributed by atoms with van der Waals surface area (Å²) in [5, 5.41) is 5.83. The number of anilines is 1. The Hall–Kier alpha value is -3.08. The molecule has 24 heavy (non-hydrogen) atoms. The maximum atomic E-state index is 12.7. The molecule has 0 spiro atoms. The highest BCUT2D eigenvalue weighted by Crippen LogP contribution is 2.33. The van der Waals surface area contributed by atoms with Gasteiger partial charge in [0.05, 0.1) is 17.0 Å². The molecule has 0 unspecified atom stereocenters. The maximum absolute atomic E-state index is 12.7. The fourth-order valence-corrected chi connectivity index (χ4v) is 2.71. The van der Waals surface area contributed by atoms with Crippen LogP contribution in [0.3, 0.4) is 0 Å². The smallest absolute Gasteiger partial charge is 0.280 e. The SMILES string of the molecule is CC1=NN(c2ccc(C)cc2)C(=O)C1=Cc1ccc2c(c1)OCO2. The number of fused-ring (bicyclic) bond motifs is 1. The number of hydrazone groups is 1. The monoisotopic (exact) mass is 320 g/mol. The summed E-state index contributed by atoms with van der Waals surface area (Å²) in [4.78, 5) is 12.7. The number of ether oxygens (including phenoxy) is 2. The van der Waals surface area contributed by atoms with Crippen molar-refractivity contribution in [2.75, 3.05) is 11.8 Å². The number of rotatable bonds is 2. The molecule has 2 aliphatic rings. The number of carbonyl (C=O) groups is 1. The molecule has 4 rings (SSSR count). The van der Waals surface area contributed by atoms with Gasteiger partial charge in [-0.1, -0.05) is 23.8 Å². The van der Waals surface area contributed by atoms with E-state index in [-0.39, 0.29) is 12.7 Å². The molecule has 0 radical (unpaired) electrons. The van der Waals surface area contributed by atoms with Crippen LogP contribution < -0.4 is 14.5 Å². The van der Waals surface area contributed by atoms with Gasteiger partial charge >= 0.3 is 0 Å². The third-order valence-corrected chi connectivity index (χ3v) is 4.05. The minimum Gasteiger partial charge on any atom is -0.454 e. The topological polar surface area (TPSA) is 51.1 Å². The molecule has 0 bridgehead atoms. The number of nitrogens with zero attached hydrogens (tertiary/aromatic N) is 2. The molecule has 2 aromatic rings. The average molecular weight is 320 g/mol. The van der Waals surface area contributed by atoms with Crippen molar-refractivity contribution >= 4 is 23.4 Å². The minimum atomic E-state index is -0.131. The summed E-state index contributed by atoms with van der Waals surface area (Å²) in [5.74, 6) is 1.29. The Morgan fingerprint density at radius 2 is 1.79 bits per heavy atom. The Morgan fingerprint density at radius 3 is 2.58 bits per heavy atom. The van der Waals surface area contributed by atoms with Crippen LogP contribution in [-0.2, 0) is 4.79 Å². The van der Waals surface area contributed by atoms with E-state index in [0.717, 1.165) is 22.6 Å². The lowest BCUT2D eigenvalue weighted by Gasteiger charge is -2.11. The van der Waals surface area contributed by atoms with Gasteiger partial charge in [0.15, 0.2) is 11.5 Å². The average Bonchev–Trinajstić information content (AvgIpc) is 3.15. The molecule has 2 heterocycles. The van der Waals surface area contributed by atoms with E-state index in [1.165, 1.54) is 5.01 Å². The summed E-state index contributed by atoms with van der Waals surface area (Å²) in [6, 6.07) is 13.3. The standard InChI is InChI=1S/C19H16N2O3/c1-12-3-6-15(7-4-12)21-19(22)16(13(2)20-21)9-14-5-8-17-18(10-14)24-11-23-17/h3-10H,11H2,1-2H3. The summed E-state index contributed by atoms with van der Waals surface area (Å²) in [6.45, 7) is 4.08. The highest BCUT2D eigenvalue weighted by Gasteiger charge is 2.28. The lowest BCUT2D eigenvalue weighted by Crippen LogP contribution is -2.21. The first-order valence-corrected chi connectivity index (χ1v) is 7.70. The van der Waals surface area contributed by atoms with Crippen LogP contribution >= 0.6 is 0 Å². The summed E-state index contributed by atoms with van der Waals surface area (Å²) in [5.41, 5.74) is 4.05. The number of aryl methyl sites for hydroxylation is 1. The van der Waals surface area contributed by atoms with Gasteiger partial charge < -0.3 is 9.47 Å². The van der Waals surface area contributed by atoms with Crippen LogP contribution in [0.25, 0.3) is 6.08 Å². The van der Waals surface area contributed by atoms with Crippen molar-refractivity contribution in [2.45, 2.75) is 13.8 Å². The Morgan fingerprint density at radius 1 is 1.04 bits per heavy atom. The largest absolute Gasteiger partial charge is 0.454 e. The second kappa shape index (κ2) is 5.53. The first-order valence-electron chi connectivity index (χ1n) is 7.70. The van der Waals surface area contributed by atoms with E-state index in [4.69, 9.17) is 9.47 Å². The van der Waals surface area contributed by atoms with Crippen LogP contribution in [0, 0.1) is 6.92 Å². The number of amides is 1. The van der Waals surface area contributed by atoms with Crippen molar-refractivity contribution in [3.05, 3.63) is 59.2 Å². The third-order valence-electron chi connectivity index (χ3n) is 4.05. The molecule has 0 saturated carbocycles. The predicted octanol–water partition coefficient (Wildman–Crippen LogP) is 3.53. The Kier molecular flexibility index (Phi) is 3.34. The highest BCUT2D eigenvalue weighted by molar-refractivity contribution is 6.32. The van der Waals surface area contributed by atoms with Gasteiger partial charge in [0.1, 0.15) is 0 Å². The van der Waals surface area contributed by atoms with E-state index in [2.05, 4.69) is 5.10 Å². The van der Waals surface area contributed by atoms with Gasteiger partial charge in [0.25, 0.3) is 5.91 Å². The lowest BCUT2D eigenvalue weighted by molar-refractivity contribution is -0.114. The first kappa shape index (κ1) is 14.5. The van der Waals surface area contributed by atoms with Crippen LogP contribution in [0.1, 0.15) is 18.1 Å². The number of benzene rings is 2. The molecule has 0 aromatic heterocycles. The molecule has 120 valence electrons. The lowest BCUT2D eigenvalue weighted by atomic mass is 10.1. The van der Waals surface area contributed by atoms with Crippen molar-refractivity contribution in [1.82, 2.24) is 0 Å². The Labute approximate surface area is 139 Å². The van der Waals surface area contributed by atoms with Gasteiger partial charge in [0.2, 0.25) is 6.79 Å². The zero-order valence-corrected chi connectivity index (χ0v) is 13.4. The van der Waals surface area contributed by atoms with Crippen molar-refractivity contribution in [3.63, 3.8) is 0 Å². The fraction of sp³-hybridized carbons (Fsp3) is 0.158. The second-order valence-corrected chi connectivity index (χ2v) is 5.81. The van der Waals surface area contributed by atoms with Gasteiger partial charge in [-0.2, -0.15) is 10.1 Å². The molecule has 0 aliphatic carbocycles. The third kappa shape index (κ3) is 2.44. The summed E-state index contributed by atoms with van der Waals surface area (Å²) < 4.78 is 10.7. The van der Waals surface area contributed by atoms with Crippen LogP contribution in [0.2, 0.25) is 0 Å². The number of carbonyl (C=O) groups excluding carboxylic acids is 1. The molecule has 1 amide bonds. The van der Waals surface area contributed by atoms with Gasteiger partial charge in [0, 0.05) is 0 Å². The molecule has 2 aromatic carbocycles. The van der Waals surface area contributed by atoms with Crippen LogP contribution in [0.15, 0.2) is 53.1 Å². The van der Waals surface area contributed by atoms with Crippen molar-refractivity contribution in [1.29, 1.82) is 0 Å². The highest BCUT2D eigenvalue weighted by atomic mass is 16.7. The Bertz CT molecular complexity index is 882. The predicted molar refractivity (Wildman–Crippen MR) is 92.3 cm³/mol. The van der Waals surface area contributed by atoms with Crippen molar-refractivity contribution in [3.8, 4) is 11.5 Å². The summed E-state index contributed by atoms with van der Waals surface area (Å²) in [7, 11) is 0. The summed E-state index contributed by atoms with van der Waals surface area (Å²) >= 11 is 0. The molecular weight excluding hydrogens is 304 g/mol. The van der Waals surface area contributed by atoms with E-state index in [0.29, 0.717) is 17.0 Å². The van der Waals surface area contributed by atoms with Crippen LogP contribution in [0.4, 0.5) is 5.69 Å². The second-order valence-electron chi connectivity index (χ2n) is 5.81. The van der Waals surface area contributed by atoms with Gasteiger partial charge in [-0.05, 0) is 49.8 Å².